The van der Waals surface area contributed by atoms with Gasteiger partial charge in [0.15, 0.2) is 5.69 Å². The molecule has 0 fully saturated rings. The lowest BCUT2D eigenvalue weighted by molar-refractivity contribution is -0.384. The van der Waals surface area contributed by atoms with Crippen LogP contribution in [0.25, 0.3) is 5.69 Å². The number of nitro groups is 1. The molecule has 0 radical (unpaired) electrons. The summed E-state index contributed by atoms with van der Waals surface area (Å²) >= 11 is 11.7. The van der Waals surface area contributed by atoms with Crippen molar-refractivity contribution in [3.05, 3.63) is 49.7 Å². The molecule has 0 saturated carbocycles. The Morgan fingerprint density at radius 3 is 2.57 bits per heavy atom. The fraction of sp³-hybridized carbons (Fsp3) is 0.0769. The minimum atomic E-state index is -0.857. The topological polar surface area (TPSA) is 124 Å². The van der Waals surface area contributed by atoms with Crippen LogP contribution in [0.2, 0.25) is 10.0 Å². The second kappa shape index (κ2) is 6.16. The summed E-state index contributed by atoms with van der Waals surface area (Å²) in [6, 6.07) is 4.04. The average Bonchev–Trinajstić information content (AvgIpc) is 2.85. The Bertz CT molecular complexity index is 870. The molecule has 1 heterocycles. The number of aromatic nitrogens is 1. The fourth-order valence-corrected chi connectivity index (χ4v) is 2.29. The largest absolute Gasteiger partial charge is 0.464 e. The number of anilines is 1. The van der Waals surface area contributed by atoms with Crippen molar-refractivity contribution in [2.24, 2.45) is 0 Å². The number of benzene rings is 1. The van der Waals surface area contributed by atoms with Crippen LogP contribution in [0.1, 0.15) is 16.1 Å². The molecule has 2 N–H and O–H groups in total. The summed E-state index contributed by atoms with van der Waals surface area (Å²) in [7, 11) is 1.12. The normalized spacial score (nSPS) is 10.2. The van der Waals surface area contributed by atoms with Gasteiger partial charge in [0.25, 0.3) is 5.69 Å². The average molecular weight is 355 g/mol. The third-order valence-electron chi connectivity index (χ3n) is 3.02. The van der Waals surface area contributed by atoms with E-state index in [1.807, 2.05) is 0 Å². The number of halogens is 2. The summed E-state index contributed by atoms with van der Waals surface area (Å²) < 4.78 is 5.70. The Labute approximate surface area is 139 Å². The van der Waals surface area contributed by atoms with Crippen molar-refractivity contribution < 1.29 is 14.5 Å². The molecule has 0 saturated heterocycles. The van der Waals surface area contributed by atoms with Gasteiger partial charge in [-0.1, -0.05) is 23.2 Å². The van der Waals surface area contributed by atoms with Crippen molar-refractivity contribution in [1.82, 2.24) is 4.57 Å². The molecule has 0 atom stereocenters. The molecule has 8 nitrogen and oxygen atoms in total. The van der Waals surface area contributed by atoms with Crippen LogP contribution < -0.4 is 5.73 Å². The highest BCUT2D eigenvalue weighted by atomic mass is 35.5. The summed E-state index contributed by atoms with van der Waals surface area (Å²) in [5.41, 5.74) is 4.86. The van der Waals surface area contributed by atoms with E-state index in [1.54, 1.807) is 6.07 Å². The molecule has 10 heteroatoms. The van der Waals surface area contributed by atoms with Crippen LogP contribution in [0.15, 0.2) is 18.3 Å². The fourth-order valence-electron chi connectivity index (χ4n) is 1.97. The third kappa shape index (κ3) is 2.79. The van der Waals surface area contributed by atoms with Crippen molar-refractivity contribution >= 4 is 40.5 Å². The van der Waals surface area contributed by atoms with Crippen LogP contribution in [0.5, 0.6) is 0 Å². The second-order valence-electron chi connectivity index (χ2n) is 4.29. The van der Waals surface area contributed by atoms with Gasteiger partial charge < -0.3 is 15.0 Å². The van der Waals surface area contributed by atoms with Crippen molar-refractivity contribution in [3.63, 3.8) is 0 Å². The SMILES string of the molecule is COC(=O)c1c(N)c(C#N)cn1-c1cc(Cl)c(Cl)cc1[N+](=O)[O-]. The third-order valence-corrected chi connectivity index (χ3v) is 3.74. The van der Waals surface area contributed by atoms with Gasteiger partial charge in [-0.05, 0) is 6.07 Å². The maximum Gasteiger partial charge on any atom is 0.357 e. The number of nitrogens with two attached hydrogens (primary N) is 1. The van der Waals surface area contributed by atoms with E-state index in [4.69, 9.17) is 34.2 Å². The first-order valence-corrected chi connectivity index (χ1v) is 6.70. The number of nitrogen functional groups attached to an aromatic ring is 1. The van der Waals surface area contributed by atoms with Gasteiger partial charge in [-0.25, -0.2) is 4.79 Å². The van der Waals surface area contributed by atoms with Crippen LogP contribution in [-0.4, -0.2) is 22.6 Å². The zero-order chi connectivity index (χ0) is 17.3. The highest BCUT2D eigenvalue weighted by Crippen LogP contribution is 2.35. The number of methoxy groups -OCH3 is 1. The molecule has 1 aromatic carbocycles. The molecule has 0 spiro atoms. The Morgan fingerprint density at radius 1 is 1.43 bits per heavy atom. The van der Waals surface area contributed by atoms with Crippen molar-refractivity contribution in [3.8, 4) is 11.8 Å². The first-order valence-electron chi connectivity index (χ1n) is 5.94. The van der Waals surface area contributed by atoms with Crippen molar-refractivity contribution in [2.75, 3.05) is 12.8 Å². The standard InChI is InChI=1S/C13H8Cl2N4O4/c1-23-13(20)12-11(17)6(4-16)5-18(12)9-2-7(14)8(15)3-10(9)19(21)22/h2-3,5H,17H2,1H3. The number of rotatable bonds is 3. The number of nitrogens with zero attached hydrogens (tertiary/aromatic N) is 3. The maximum absolute atomic E-state index is 11.9. The second-order valence-corrected chi connectivity index (χ2v) is 5.10. The number of esters is 1. The molecule has 118 valence electrons. The monoisotopic (exact) mass is 354 g/mol. The molecule has 2 rings (SSSR count). The summed E-state index contributed by atoms with van der Waals surface area (Å²) in [5.74, 6) is -0.857. The van der Waals surface area contributed by atoms with E-state index in [-0.39, 0.29) is 32.7 Å². The predicted octanol–water partition coefficient (Wildman–Crippen LogP) is 2.93. The predicted molar refractivity (Wildman–Crippen MR) is 82.9 cm³/mol. The first kappa shape index (κ1) is 16.6. The van der Waals surface area contributed by atoms with Gasteiger partial charge in [0.1, 0.15) is 11.8 Å². The first-order chi connectivity index (χ1) is 10.8. The quantitative estimate of drug-likeness (QED) is 0.513. The number of nitriles is 1. The van der Waals surface area contributed by atoms with Gasteiger partial charge in [-0.3, -0.25) is 10.1 Å². The molecule has 0 aliphatic carbocycles. The van der Waals surface area contributed by atoms with E-state index in [9.17, 15) is 14.9 Å². The van der Waals surface area contributed by atoms with Crippen LogP contribution >= 0.6 is 23.2 Å². The molecule has 23 heavy (non-hydrogen) atoms. The summed E-state index contributed by atoms with van der Waals surface area (Å²) in [6.07, 6.45) is 1.19. The molecule has 1 aromatic heterocycles. The highest BCUT2D eigenvalue weighted by Gasteiger charge is 2.27. The molecular formula is C13H8Cl2N4O4. The number of hydrogen-bond acceptors (Lipinski definition) is 6. The van der Waals surface area contributed by atoms with Gasteiger partial charge in [0.2, 0.25) is 0 Å². The number of carbonyl (C=O) groups is 1. The number of nitro benzene ring substituents is 1. The zero-order valence-electron chi connectivity index (χ0n) is 11.5. The number of carbonyl (C=O) groups excluding carboxylic acids is 1. The Morgan fingerprint density at radius 2 is 2.04 bits per heavy atom. The maximum atomic E-state index is 11.9. The summed E-state index contributed by atoms with van der Waals surface area (Å²) in [5, 5.41) is 20.3. The lowest BCUT2D eigenvalue weighted by Crippen LogP contribution is -2.12. The van der Waals surface area contributed by atoms with E-state index in [0.29, 0.717) is 0 Å². The van der Waals surface area contributed by atoms with Crippen molar-refractivity contribution in [2.45, 2.75) is 0 Å². The van der Waals surface area contributed by atoms with E-state index >= 15 is 0 Å². The smallest absolute Gasteiger partial charge is 0.357 e. The molecule has 0 aliphatic rings. The van der Waals surface area contributed by atoms with Crippen molar-refractivity contribution in [1.29, 1.82) is 5.26 Å². The van der Waals surface area contributed by atoms with E-state index < -0.39 is 16.6 Å². The lowest BCUT2D eigenvalue weighted by Gasteiger charge is -2.10. The zero-order valence-corrected chi connectivity index (χ0v) is 13.1. The Balaban J connectivity index is 2.87. The Hall–Kier alpha value is -2.76. The van der Waals surface area contributed by atoms with Gasteiger partial charge in [0, 0.05) is 12.3 Å². The molecule has 2 aromatic rings. The van der Waals surface area contributed by atoms with E-state index in [2.05, 4.69) is 4.74 Å². The van der Waals surface area contributed by atoms with Crippen LogP contribution in [0.4, 0.5) is 11.4 Å². The Kier molecular flexibility index (Phi) is 4.45. The van der Waals surface area contributed by atoms with Crippen LogP contribution in [0, 0.1) is 21.4 Å². The van der Waals surface area contributed by atoms with Crippen LogP contribution in [0.3, 0.4) is 0 Å². The van der Waals surface area contributed by atoms with Gasteiger partial charge >= 0.3 is 5.97 Å². The lowest BCUT2D eigenvalue weighted by atomic mass is 10.2. The highest BCUT2D eigenvalue weighted by molar-refractivity contribution is 6.42. The summed E-state index contributed by atoms with van der Waals surface area (Å²) in [4.78, 5) is 22.5. The molecule has 0 unspecified atom stereocenters. The van der Waals surface area contributed by atoms with Gasteiger partial charge in [0.05, 0.1) is 33.3 Å². The van der Waals surface area contributed by atoms with Gasteiger partial charge in [-0.15, -0.1) is 0 Å². The minimum absolute atomic E-state index is 0.0256. The van der Waals surface area contributed by atoms with Crippen LogP contribution in [-0.2, 0) is 4.74 Å². The number of hydrogen-bond donors (Lipinski definition) is 1. The molecule has 0 bridgehead atoms. The van der Waals surface area contributed by atoms with Gasteiger partial charge in [-0.2, -0.15) is 5.26 Å². The molecule has 0 aliphatic heterocycles. The number of ether oxygens (including phenoxy) is 1. The van der Waals surface area contributed by atoms with E-state index in [0.717, 1.165) is 17.7 Å². The molecular weight excluding hydrogens is 347 g/mol. The molecule has 0 amide bonds. The minimum Gasteiger partial charge on any atom is -0.464 e. The van der Waals surface area contributed by atoms with E-state index in [1.165, 1.54) is 12.3 Å². The summed E-state index contributed by atoms with van der Waals surface area (Å²) in [6.45, 7) is 0.